The first-order valence-electron chi connectivity index (χ1n) is 7.69. The largest absolute Gasteiger partial charge is 0.496 e. The Morgan fingerprint density at radius 1 is 1.17 bits per heavy atom. The molecule has 1 fully saturated rings. The van der Waals surface area contributed by atoms with Crippen molar-refractivity contribution >= 4 is 22.6 Å². The van der Waals surface area contributed by atoms with Crippen LogP contribution >= 0.6 is 0 Å². The highest BCUT2D eigenvalue weighted by molar-refractivity contribution is 6.08. The predicted octanol–water partition coefficient (Wildman–Crippen LogP) is 2.79. The Bertz CT molecular complexity index is 756. The number of hydrogen-bond donors (Lipinski definition) is 1. The van der Waals surface area contributed by atoms with Crippen LogP contribution in [-0.4, -0.2) is 42.1 Å². The Kier molecular flexibility index (Phi) is 4.19. The van der Waals surface area contributed by atoms with Crippen molar-refractivity contribution in [3.8, 4) is 5.75 Å². The van der Waals surface area contributed by atoms with E-state index >= 15 is 0 Å². The van der Waals surface area contributed by atoms with Crippen molar-refractivity contribution in [1.82, 2.24) is 4.90 Å². The summed E-state index contributed by atoms with van der Waals surface area (Å²) < 4.78 is 5.35. The Labute approximate surface area is 134 Å². The van der Waals surface area contributed by atoms with Crippen LogP contribution in [0.1, 0.15) is 23.2 Å². The van der Waals surface area contributed by atoms with Crippen molar-refractivity contribution < 1.29 is 19.4 Å². The minimum absolute atomic E-state index is 0.116. The average Bonchev–Trinajstić information content (AvgIpc) is 2.60. The molecular weight excluding hydrogens is 294 g/mol. The lowest BCUT2D eigenvalue weighted by molar-refractivity contribution is -0.143. The van der Waals surface area contributed by atoms with E-state index in [4.69, 9.17) is 4.74 Å². The molecule has 1 atom stereocenters. The first-order valence-corrected chi connectivity index (χ1v) is 7.69. The number of nitrogens with zero attached hydrogens (tertiary/aromatic N) is 1. The zero-order valence-electron chi connectivity index (χ0n) is 13.0. The summed E-state index contributed by atoms with van der Waals surface area (Å²) >= 11 is 0. The van der Waals surface area contributed by atoms with E-state index in [2.05, 4.69) is 0 Å². The normalized spacial score (nSPS) is 18.0. The SMILES string of the molecule is COc1ccc(C(=O)N2CCC[C@H](C(=O)O)C2)c2ccccc12. The van der Waals surface area contributed by atoms with Gasteiger partial charge in [-0.05, 0) is 30.4 Å². The molecule has 0 aliphatic carbocycles. The molecule has 1 amide bonds. The molecule has 0 radical (unpaired) electrons. The number of ether oxygens (including phenoxy) is 1. The van der Waals surface area contributed by atoms with Gasteiger partial charge in [0.1, 0.15) is 5.75 Å². The minimum Gasteiger partial charge on any atom is -0.496 e. The van der Waals surface area contributed by atoms with E-state index in [1.165, 1.54) is 0 Å². The third-order valence-electron chi connectivity index (χ3n) is 4.39. The average molecular weight is 313 g/mol. The zero-order valence-corrected chi connectivity index (χ0v) is 13.0. The predicted molar refractivity (Wildman–Crippen MR) is 86.8 cm³/mol. The molecule has 3 rings (SSSR count). The molecule has 1 aliphatic rings. The molecule has 120 valence electrons. The lowest BCUT2D eigenvalue weighted by Gasteiger charge is -2.31. The number of likely N-dealkylation sites (tertiary alicyclic amines) is 1. The van der Waals surface area contributed by atoms with E-state index < -0.39 is 11.9 Å². The van der Waals surface area contributed by atoms with Gasteiger partial charge in [-0.3, -0.25) is 9.59 Å². The third kappa shape index (κ3) is 2.86. The summed E-state index contributed by atoms with van der Waals surface area (Å²) in [5.74, 6) is -0.701. The number of carbonyl (C=O) groups is 2. The third-order valence-corrected chi connectivity index (χ3v) is 4.39. The lowest BCUT2D eigenvalue weighted by atomic mass is 9.96. The lowest BCUT2D eigenvalue weighted by Crippen LogP contribution is -2.42. The number of rotatable bonds is 3. The van der Waals surface area contributed by atoms with Gasteiger partial charge < -0.3 is 14.7 Å². The number of carboxylic acid groups (broad SMARTS) is 1. The highest BCUT2D eigenvalue weighted by Crippen LogP contribution is 2.30. The Balaban J connectivity index is 1.97. The van der Waals surface area contributed by atoms with Crippen LogP contribution in [-0.2, 0) is 4.79 Å². The van der Waals surface area contributed by atoms with Gasteiger partial charge in [-0.1, -0.05) is 24.3 Å². The van der Waals surface area contributed by atoms with Gasteiger partial charge in [-0.15, -0.1) is 0 Å². The van der Waals surface area contributed by atoms with Crippen molar-refractivity contribution in [2.75, 3.05) is 20.2 Å². The number of carboxylic acids is 1. The molecular formula is C18H19NO4. The van der Waals surface area contributed by atoms with Crippen LogP contribution in [0.3, 0.4) is 0 Å². The van der Waals surface area contributed by atoms with Gasteiger partial charge >= 0.3 is 5.97 Å². The van der Waals surface area contributed by atoms with Crippen molar-refractivity contribution in [2.45, 2.75) is 12.8 Å². The highest BCUT2D eigenvalue weighted by atomic mass is 16.5. The maximum absolute atomic E-state index is 12.9. The van der Waals surface area contributed by atoms with Gasteiger partial charge in [-0.2, -0.15) is 0 Å². The van der Waals surface area contributed by atoms with Crippen LogP contribution in [0.5, 0.6) is 5.75 Å². The maximum Gasteiger partial charge on any atom is 0.308 e. The number of aliphatic carboxylic acids is 1. The topological polar surface area (TPSA) is 66.8 Å². The molecule has 1 aliphatic heterocycles. The summed E-state index contributed by atoms with van der Waals surface area (Å²) in [7, 11) is 1.60. The number of carbonyl (C=O) groups excluding carboxylic acids is 1. The van der Waals surface area contributed by atoms with E-state index in [1.807, 2.05) is 24.3 Å². The highest BCUT2D eigenvalue weighted by Gasteiger charge is 2.29. The number of fused-ring (bicyclic) bond motifs is 1. The van der Waals surface area contributed by atoms with Crippen LogP contribution in [0.4, 0.5) is 0 Å². The van der Waals surface area contributed by atoms with Crippen LogP contribution in [0.2, 0.25) is 0 Å². The standard InChI is InChI=1S/C18H19NO4/c1-23-16-9-8-15(13-6-2-3-7-14(13)16)17(20)19-10-4-5-12(11-19)18(21)22/h2-3,6-9,12H,4-5,10-11H2,1H3,(H,21,22)/t12-/m0/s1. The molecule has 23 heavy (non-hydrogen) atoms. The van der Waals surface area contributed by atoms with Gasteiger partial charge in [0.25, 0.3) is 5.91 Å². The van der Waals surface area contributed by atoms with Gasteiger partial charge in [0.2, 0.25) is 0 Å². The quantitative estimate of drug-likeness (QED) is 0.946. The maximum atomic E-state index is 12.9. The monoisotopic (exact) mass is 313 g/mol. The summed E-state index contributed by atoms with van der Waals surface area (Å²) in [4.78, 5) is 25.7. The summed E-state index contributed by atoms with van der Waals surface area (Å²) in [5.41, 5.74) is 0.590. The number of hydrogen-bond acceptors (Lipinski definition) is 3. The molecule has 1 heterocycles. The molecule has 0 saturated carbocycles. The molecule has 2 aromatic carbocycles. The molecule has 0 unspecified atom stereocenters. The number of amides is 1. The molecule has 0 aromatic heterocycles. The summed E-state index contributed by atoms with van der Waals surface area (Å²) in [6.45, 7) is 0.873. The Morgan fingerprint density at radius 2 is 1.91 bits per heavy atom. The second kappa shape index (κ2) is 6.28. The first-order chi connectivity index (χ1) is 11.1. The Morgan fingerprint density at radius 3 is 2.61 bits per heavy atom. The summed E-state index contributed by atoms with van der Waals surface area (Å²) in [6, 6.07) is 11.1. The van der Waals surface area contributed by atoms with Crippen molar-refractivity contribution in [3.63, 3.8) is 0 Å². The van der Waals surface area contributed by atoms with Gasteiger partial charge in [0.15, 0.2) is 0 Å². The van der Waals surface area contributed by atoms with Crippen LogP contribution in [0.15, 0.2) is 36.4 Å². The molecule has 5 nitrogen and oxygen atoms in total. The van der Waals surface area contributed by atoms with E-state index in [0.29, 0.717) is 18.5 Å². The van der Waals surface area contributed by atoms with E-state index in [9.17, 15) is 14.7 Å². The first kappa shape index (κ1) is 15.3. The fourth-order valence-corrected chi connectivity index (χ4v) is 3.17. The van der Waals surface area contributed by atoms with Gasteiger partial charge in [-0.25, -0.2) is 0 Å². The second-order valence-electron chi connectivity index (χ2n) is 5.79. The summed E-state index contributed by atoms with van der Waals surface area (Å²) in [6.07, 6.45) is 1.35. The zero-order chi connectivity index (χ0) is 16.4. The minimum atomic E-state index is -0.831. The van der Waals surface area contributed by atoms with Gasteiger partial charge in [0, 0.05) is 24.0 Å². The van der Waals surface area contributed by atoms with Gasteiger partial charge in [0.05, 0.1) is 13.0 Å². The Hall–Kier alpha value is -2.56. The molecule has 5 heteroatoms. The van der Waals surface area contributed by atoms with Crippen LogP contribution in [0, 0.1) is 5.92 Å². The fourth-order valence-electron chi connectivity index (χ4n) is 3.17. The van der Waals surface area contributed by atoms with E-state index in [1.54, 1.807) is 24.1 Å². The van der Waals surface area contributed by atoms with Crippen molar-refractivity contribution in [3.05, 3.63) is 42.0 Å². The summed E-state index contributed by atoms with van der Waals surface area (Å²) in [5, 5.41) is 10.9. The molecule has 2 aromatic rings. The van der Waals surface area contributed by atoms with Crippen LogP contribution in [0.25, 0.3) is 10.8 Å². The second-order valence-corrected chi connectivity index (χ2v) is 5.79. The number of methoxy groups -OCH3 is 1. The molecule has 0 spiro atoms. The number of piperidine rings is 1. The number of benzene rings is 2. The molecule has 1 N–H and O–H groups in total. The van der Waals surface area contributed by atoms with Crippen molar-refractivity contribution in [2.24, 2.45) is 5.92 Å². The smallest absolute Gasteiger partial charge is 0.308 e. The van der Waals surface area contributed by atoms with Crippen molar-refractivity contribution in [1.29, 1.82) is 0 Å². The molecule has 1 saturated heterocycles. The van der Waals surface area contributed by atoms with E-state index in [-0.39, 0.29) is 12.5 Å². The van der Waals surface area contributed by atoms with Crippen LogP contribution < -0.4 is 4.74 Å². The molecule has 0 bridgehead atoms. The fraction of sp³-hybridized carbons (Fsp3) is 0.333. The van der Waals surface area contributed by atoms with E-state index in [0.717, 1.165) is 22.9 Å².